The van der Waals surface area contributed by atoms with Gasteiger partial charge in [0.15, 0.2) is 5.58 Å². The maximum atomic E-state index is 7.04. The molecule has 0 fully saturated rings. The van der Waals surface area contributed by atoms with Gasteiger partial charge in [-0.15, -0.1) is 0 Å². The highest BCUT2D eigenvalue weighted by molar-refractivity contribution is 6.18. The van der Waals surface area contributed by atoms with Crippen molar-refractivity contribution in [2.75, 3.05) is 4.90 Å². The highest BCUT2D eigenvalue weighted by Gasteiger charge is 2.47. The first-order valence-electron chi connectivity index (χ1n) is 18.3. The van der Waals surface area contributed by atoms with Gasteiger partial charge in [0.2, 0.25) is 0 Å². The average Bonchev–Trinajstić information content (AvgIpc) is 3.77. The van der Waals surface area contributed by atoms with Gasteiger partial charge in [-0.25, -0.2) is 0 Å². The minimum absolute atomic E-state index is 0.510. The third-order valence-corrected chi connectivity index (χ3v) is 11.3. The molecule has 53 heavy (non-hydrogen) atoms. The predicted molar refractivity (Wildman–Crippen MR) is 221 cm³/mol. The van der Waals surface area contributed by atoms with Crippen molar-refractivity contribution in [3.63, 3.8) is 0 Å². The van der Waals surface area contributed by atoms with Gasteiger partial charge >= 0.3 is 0 Å². The van der Waals surface area contributed by atoms with Crippen LogP contribution in [0.2, 0.25) is 0 Å². The van der Waals surface area contributed by atoms with Crippen LogP contribution in [0.5, 0.6) is 0 Å². The summed E-state index contributed by atoms with van der Waals surface area (Å²) in [5.74, 6) is 0. The lowest BCUT2D eigenvalue weighted by molar-refractivity contribution is 0.673. The molecule has 0 saturated heterocycles. The van der Waals surface area contributed by atoms with E-state index in [0.29, 0.717) is 0 Å². The highest BCUT2D eigenvalue weighted by atomic mass is 16.3. The minimum atomic E-state index is -0.510. The molecule has 0 radical (unpaired) electrons. The zero-order valence-electron chi connectivity index (χ0n) is 28.9. The Hall–Kier alpha value is -6.90. The molecule has 0 aliphatic heterocycles. The van der Waals surface area contributed by atoms with Gasteiger partial charge in [-0.05, 0) is 74.3 Å². The van der Waals surface area contributed by atoms with E-state index in [0.717, 1.165) is 44.4 Å². The Labute approximate surface area is 307 Å². The van der Waals surface area contributed by atoms with Crippen LogP contribution in [-0.2, 0) is 5.41 Å². The monoisotopic (exact) mass is 675 g/mol. The number of hydrogen-bond acceptors (Lipinski definition) is 2. The average molecular weight is 676 g/mol. The van der Waals surface area contributed by atoms with Crippen molar-refractivity contribution in [1.29, 1.82) is 0 Å². The fourth-order valence-electron chi connectivity index (χ4n) is 9.07. The topological polar surface area (TPSA) is 16.4 Å². The molecule has 0 spiro atoms. The Morgan fingerprint density at radius 3 is 1.77 bits per heavy atom. The number of para-hydroxylation sites is 1. The molecule has 0 bridgehead atoms. The molecule has 1 aliphatic carbocycles. The summed E-state index contributed by atoms with van der Waals surface area (Å²) < 4.78 is 7.04. The van der Waals surface area contributed by atoms with Crippen molar-refractivity contribution in [2.24, 2.45) is 0 Å². The van der Waals surface area contributed by atoms with Gasteiger partial charge in [-0.1, -0.05) is 170 Å². The molecule has 10 aromatic rings. The molecule has 1 aromatic heterocycles. The maximum absolute atomic E-state index is 7.04. The van der Waals surface area contributed by atoms with Crippen LogP contribution in [0, 0.1) is 0 Å². The van der Waals surface area contributed by atoms with Crippen molar-refractivity contribution in [1.82, 2.24) is 0 Å². The zero-order chi connectivity index (χ0) is 34.9. The van der Waals surface area contributed by atoms with Crippen molar-refractivity contribution in [3.05, 3.63) is 222 Å². The Kier molecular flexibility index (Phi) is 6.50. The van der Waals surface area contributed by atoms with Crippen molar-refractivity contribution >= 4 is 60.5 Å². The maximum Gasteiger partial charge on any atom is 0.159 e. The number of fused-ring (bicyclic) bond motifs is 9. The second-order valence-electron chi connectivity index (χ2n) is 14.0. The number of anilines is 3. The Bertz CT molecular complexity index is 2970. The first-order chi connectivity index (χ1) is 26.3. The first kappa shape index (κ1) is 29.8. The second kappa shape index (κ2) is 11.6. The molecule has 2 nitrogen and oxygen atoms in total. The number of benzene rings is 9. The summed E-state index contributed by atoms with van der Waals surface area (Å²) in [5, 5.41) is 6.91. The lowest BCUT2D eigenvalue weighted by Gasteiger charge is -2.34. The summed E-state index contributed by atoms with van der Waals surface area (Å²) >= 11 is 0. The molecule has 0 amide bonds. The summed E-state index contributed by atoms with van der Waals surface area (Å²) in [5.41, 5.74) is 12.0. The van der Waals surface area contributed by atoms with E-state index in [2.05, 4.69) is 205 Å². The van der Waals surface area contributed by atoms with Crippen LogP contribution < -0.4 is 4.90 Å². The van der Waals surface area contributed by atoms with Gasteiger partial charge in [0.05, 0.1) is 16.8 Å². The Morgan fingerprint density at radius 2 is 0.962 bits per heavy atom. The largest absolute Gasteiger partial charge is 0.453 e. The normalized spacial score (nSPS) is 13.1. The zero-order valence-corrected chi connectivity index (χ0v) is 28.9. The van der Waals surface area contributed by atoms with Crippen LogP contribution in [0.15, 0.2) is 205 Å². The molecule has 1 heterocycles. The molecular formula is C51H33NO. The molecule has 9 aromatic carbocycles. The van der Waals surface area contributed by atoms with E-state index in [-0.39, 0.29) is 0 Å². The number of nitrogens with zero attached hydrogens (tertiary/aromatic N) is 1. The lowest BCUT2D eigenvalue weighted by atomic mass is 9.68. The van der Waals surface area contributed by atoms with Gasteiger partial charge in [0, 0.05) is 27.4 Å². The quantitative estimate of drug-likeness (QED) is 0.181. The van der Waals surface area contributed by atoms with Crippen LogP contribution in [0.25, 0.3) is 54.6 Å². The third-order valence-electron chi connectivity index (χ3n) is 11.3. The molecule has 0 unspecified atom stereocenters. The van der Waals surface area contributed by atoms with E-state index in [4.69, 9.17) is 4.42 Å². The third kappa shape index (κ3) is 4.27. The summed E-state index contributed by atoms with van der Waals surface area (Å²) in [4.78, 5) is 2.43. The van der Waals surface area contributed by atoms with Gasteiger partial charge in [-0.3, -0.25) is 0 Å². The van der Waals surface area contributed by atoms with Crippen molar-refractivity contribution in [2.45, 2.75) is 5.41 Å². The summed E-state index contributed by atoms with van der Waals surface area (Å²) in [6.07, 6.45) is 0. The van der Waals surface area contributed by atoms with Gasteiger partial charge in [0.25, 0.3) is 0 Å². The molecule has 1 aliphatic rings. The van der Waals surface area contributed by atoms with Crippen LogP contribution in [0.1, 0.15) is 22.3 Å². The van der Waals surface area contributed by atoms with Crippen LogP contribution in [0.3, 0.4) is 0 Å². The minimum Gasteiger partial charge on any atom is -0.453 e. The van der Waals surface area contributed by atoms with Gasteiger partial charge in [0.1, 0.15) is 5.58 Å². The molecule has 2 heteroatoms. The van der Waals surface area contributed by atoms with Crippen LogP contribution in [0.4, 0.5) is 17.1 Å². The highest BCUT2D eigenvalue weighted by Crippen LogP contribution is 2.60. The number of rotatable bonds is 5. The molecule has 0 N–H and O–H groups in total. The number of hydrogen-bond donors (Lipinski definition) is 0. The van der Waals surface area contributed by atoms with Crippen molar-refractivity contribution < 1.29 is 4.42 Å². The molecule has 11 rings (SSSR count). The Balaban J connectivity index is 1.26. The van der Waals surface area contributed by atoms with E-state index >= 15 is 0 Å². The van der Waals surface area contributed by atoms with Gasteiger partial charge < -0.3 is 9.32 Å². The predicted octanol–water partition coefficient (Wildman–Crippen LogP) is 13.7. The van der Waals surface area contributed by atoms with Gasteiger partial charge in [-0.2, -0.15) is 0 Å². The smallest absolute Gasteiger partial charge is 0.159 e. The molecule has 0 saturated carbocycles. The Morgan fingerprint density at radius 1 is 0.377 bits per heavy atom. The SMILES string of the molecule is c1ccc(C2(c3ccccc3)c3ccccc3-c3c(N(c4ccc5ccccc5c4)c4cccc5c4oc4c6ccccc6ccc54)cccc32)cc1. The summed E-state index contributed by atoms with van der Waals surface area (Å²) in [6.45, 7) is 0. The molecular weight excluding hydrogens is 643 g/mol. The number of furan rings is 1. The molecule has 0 atom stereocenters. The first-order valence-corrected chi connectivity index (χ1v) is 18.3. The summed E-state index contributed by atoms with van der Waals surface area (Å²) in [6, 6.07) is 72.7. The fraction of sp³-hybridized carbons (Fsp3) is 0.0196. The van der Waals surface area contributed by atoms with Crippen molar-refractivity contribution in [3.8, 4) is 11.1 Å². The van der Waals surface area contributed by atoms with E-state index in [1.54, 1.807) is 0 Å². The van der Waals surface area contributed by atoms with E-state index in [1.165, 1.54) is 49.5 Å². The standard InChI is InChI=1S/C51H33NO/c1-3-18-37(19-4-1)51(38-20-5-2-6-21-38)44-25-12-11-23-43(44)48-45(51)26-14-27-46(48)52(39-31-29-34-15-7-8-17-36(34)33-39)47-28-13-24-41-42-32-30-35-16-9-10-22-40(35)49(42)53-50(41)47/h1-33H. The van der Waals surface area contributed by atoms with E-state index in [9.17, 15) is 0 Å². The van der Waals surface area contributed by atoms with E-state index < -0.39 is 5.41 Å². The van der Waals surface area contributed by atoms with E-state index in [1.807, 2.05) is 0 Å². The summed E-state index contributed by atoms with van der Waals surface area (Å²) in [7, 11) is 0. The second-order valence-corrected chi connectivity index (χ2v) is 14.0. The molecule has 248 valence electrons. The van der Waals surface area contributed by atoms with Crippen LogP contribution in [-0.4, -0.2) is 0 Å². The van der Waals surface area contributed by atoms with Crippen LogP contribution >= 0.6 is 0 Å². The lowest BCUT2D eigenvalue weighted by Crippen LogP contribution is -2.28. The fourth-order valence-corrected chi connectivity index (χ4v) is 9.07.